The third-order valence-corrected chi connectivity index (χ3v) is 7.23. The third kappa shape index (κ3) is 5.88. The molecule has 8 nitrogen and oxygen atoms in total. The number of alkyl halides is 3. The lowest BCUT2D eigenvalue weighted by molar-refractivity contribution is -0.137. The molecule has 196 valence electrons. The van der Waals surface area contributed by atoms with E-state index in [0.29, 0.717) is 17.6 Å². The van der Waals surface area contributed by atoms with E-state index in [2.05, 4.69) is 25.5 Å². The van der Waals surface area contributed by atoms with Crippen LogP contribution in [0.1, 0.15) is 45.1 Å². The van der Waals surface area contributed by atoms with Gasteiger partial charge in [0, 0.05) is 43.5 Å². The van der Waals surface area contributed by atoms with Crippen molar-refractivity contribution in [2.75, 3.05) is 32.0 Å². The van der Waals surface area contributed by atoms with E-state index in [1.165, 1.54) is 12.4 Å². The fourth-order valence-corrected chi connectivity index (χ4v) is 5.12. The highest BCUT2D eigenvalue weighted by Crippen LogP contribution is 2.32. The van der Waals surface area contributed by atoms with Crippen LogP contribution in [0, 0.1) is 5.92 Å². The lowest BCUT2D eigenvalue weighted by Crippen LogP contribution is -2.63. The summed E-state index contributed by atoms with van der Waals surface area (Å²) in [7, 11) is 1.90. The van der Waals surface area contributed by atoms with Crippen LogP contribution < -0.4 is 10.6 Å². The van der Waals surface area contributed by atoms with Crippen LogP contribution in [0.15, 0.2) is 24.5 Å². The van der Waals surface area contributed by atoms with Gasteiger partial charge >= 0.3 is 6.18 Å². The van der Waals surface area contributed by atoms with Crippen molar-refractivity contribution in [3.8, 4) is 0 Å². The van der Waals surface area contributed by atoms with Crippen LogP contribution in [0.4, 0.5) is 19.0 Å². The normalized spacial score (nSPS) is 21.3. The summed E-state index contributed by atoms with van der Waals surface area (Å²) < 4.78 is 39.3. The molecular weight excluding hydrogens is 473 g/mol. The summed E-state index contributed by atoms with van der Waals surface area (Å²) in [5.41, 5.74) is -0.427. The number of carbonyl (C=O) groups is 2. The van der Waals surface area contributed by atoms with E-state index in [9.17, 15) is 22.8 Å². The number of nitrogens with one attached hydrogen (secondary N) is 2. The minimum Gasteiger partial charge on any atom is -0.360 e. The van der Waals surface area contributed by atoms with Crippen LogP contribution in [-0.4, -0.2) is 76.4 Å². The second-order valence-corrected chi connectivity index (χ2v) is 10.1. The number of amides is 2. The maximum absolute atomic E-state index is 13.1. The Balaban J connectivity index is 1.22. The van der Waals surface area contributed by atoms with Crippen molar-refractivity contribution in [3.63, 3.8) is 0 Å². The minimum atomic E-state index is -4.48. The molecule has 2 aliphatic rings. The van der Waals surface area contributed by atoms with Gasteiger partial charge in [-0.05, 0) is 43.9 Å². The first-order chi connectivity index (χ1) is 17.0. The molecule has 2 aromatic rings. The monoisotopic (exact) mass is 506 g/mol. The molecule has 1 aromatic carbocycles. The average Bonchev–Trinajstić information content (AvgIpc) is 2.82. The zero-order chi connectivity index (χ0) is 26.0. The van der Waals surface area contributed by atoms with Gasteiger partial charge in [-0.1, -0.05) is 13.8 Å². The molecule has 4 rings (SSSR count). The lowest BCUT2D eigenvalue weighted by atomic mass is 9.87. The van der Waals surface area contributed by atoms with Crippen molar-refractivity contribution in [1.29, 1.82) is 0 Å². The number of fused-ring (bicyclic) bond motifs is 1. The Morgan fingerprint density at radius 1 is 1.14 bits per heavy atom. The zero-order valence-electron chi connectivity index (χ0n) is 20.8. The van der Waals surface area contributed by atoms with Gasteiger partial charge in [0.25, 0.3) is 0 Å². The highest BCUT2D eigenvalue weighted by Gasteiger charge is 2.36. The first-order valence-electron chi connectivity index (χ1n) is 12.4. The molecule has 1 aliphatic carbocycles. The molecule has 1 aromatic heterocycles. The van der Waals surface area contributed by atoms with Crippen molar-refractivity contribution in [2.45, 2.75) is 63.8 Å². The molecular formula is C25H33F3N6O2. The van der Waals surface area contributed by atoms with E-state index in [-0.39, 0.29) is 41.5 Å². The van der Waals surface area contributed by atoms with Gasteiger partial charge in [0.05, 0.1) is 23.7 Å². The van der Waals surface area contributed by atoms with Gasteiger partial charge in [0.2, 0.25) is 11.8 Å². The number of aromatic nitrogens is 2. The largest absolute Gasteiger partial charge is 0.416 e. The number of benzene rings is 1. The molecule has 1 saturated heterocycles. The maximum Gasteiger partial charge on any atom is 0.416 e. The molecule has 36 heavy (non-hydrogen) atoms. The molecule has 2 fully saturated rings. The Morgan fingerprint density at radius 3 is 2.47 bits per heavy atom. The van der Waals surface area contributed by atoms with E-state index in [1.54, 1.807) is 0 Å². The van der Waals surface area contributed by atoms with Crippen molar-refractivity contribution in [2.24, 2.45) is 5.92 Å². The van der Waals surface area contributed by atoms with Gasteiger partial charge < -0.3 is 15.5 Å². The molecule has 2 N–H and O–H groups in total. The summed E-state index contributed by atoms with van der Waals surface area (Å²) in [4.78, 5) is 37.0. The topological polar surface area (TPSA) is 90.5 Å². The highest BCUT2D eigenvalue weighted by molar-refractivity contribution is 5.91. The smallest absolute Gasteiger partial charge is 0.360 e. The van der Waals surface area contributed by atoms with Crippen LogP contribution in [-0.2, 0) is 15.8 Å². The third-order valence-electron chi connectivity index (χ3n) is 7.23. The van der Waals surface area contributed by atoms with Gasteiger partial charge in [0.15, 0.2) is 0 Å². The summed E-state index contributed by atoms with van der Waals surface area (Å²) in [6.45, 7) is 5.29. The predicted octanol–water partition coefficient (Wildman–Crippen LogP) is 3.29. The number of rotatable bonds is 7. The van der Waals surface area contributed by atoms with Gasteiger partial charge in [-0.25, -0.2) is 9.97 Å². The molecule has 2 amide bonds. The SMILES string of the molecule is CC(C)C(=O)N(C)C1CCC(N2CC(NC(=O)CNc3ncnc4ccc(C(F)(F)F)cc34)C2)CC1. The van der Waals surface area contributed by atoms with Crippen LogP contribution in [0.25, 0.3) is 10.9 Å². The number of nitrogens with zero attached hydrogens (tertiary/aromatic N) is 4. The van der Waals surface area contributed by atoms with Gasteiger partial charge in [0.1, 0.15) is 12.1 Å². The Kier molecular flexibility index (Phi) is 7.67. The van der Waals surface area contributed by atoms with E-state index in [1.807, 2.05) is 25.8 Å². The number of hydrogen-bond donors (Lipinski definition) is 2. The van der Waals surface area contributed by atoms with E-state index < -0.39 is 11.7 Å². The van der Waals surface area contributed by atoms with Crippen molar-refractivity contribution in [3.05, 3.63) is 30.1 Å². The number of likely N-dealkylation sites (tertiary alicyclic amines) is 1. The molecule has 2 heterocycles. The van der Waals surface area contributed by atoms with E-state index in [4.69, 9.17) is 0 Å². The van der Waals surface area contributed by atoms with Crippen molar-refractivity contribution >= 4 is 28.5 Å². The molecule has 0 unspecified atom stereocenters. The fourth-order valence-electron chi connectivity index (χ4n) is 5.12. The summed E-state index contributed by atoms with van der Waals surface area (Å²) in [6, 6.07) is 4.06. The van der Waals surface area contributed by atoms with Crippen LogP contribution in [0.5, 0.6) is 0 Å². The fraction of sp³-hybridized carbons (Fsp3) is 0.600. The van der Waals surface area contributed by atoms with E-state index in [0.717, 1.165) is 50.9 Å². The first-order valence-corrected chi connectivity index (χ1v) is 12.4. The second-order valence-electron chi connectivity index (χ2n) is 10.1. The minimum absolute atomic E-state index is 0.00684. The molecule has 0 bridgehead atoms. The quantitative estimate of drug-likeness (QED) is 0.599. The average molecular weight is 507 g/mol. The Hall–Kier alpha value is -2.95. The first kappa shape index (κ1) is 26.1. The molecule has 1 aliphatic heterocycles. The summed E-state index contributed by atoms with van der Waals surface area (Å²) in [5.74, 6) is 0.145. The molecule has 0 radical (unpaired) electrons. The van der Waals surface area contributed by atoms with Gasteiger partial charge in [-0.2, -0.15) is 13.2 Å². The molecule has 1 saturated carbocycles. The number of carbonyl (C=O) groups excluding carboxylic acids is 2. The predicted molar refractivity (Wildman–Crippen MR) is 130 cm³/mol. The second kappa shape index (κ2) is 10.6. The summed E-state index contributed by atoms with van der Waals surface area (Å²) in [5, 5.41) is 6.04. The molecule has 11 heteroatoms. The van der Waals surface area contributed by atoms with Crippen LogP contribution in [0.2, 0.25) is 0 Å². The maximum atomic E-state index is 13.1. The lowest BCUT2D eigenvalue weighted by Gasteiger charge is -2.47. The Bertz CT molecular complexity index is 1090. The standard InChI is InChI=1S/C25H33F3N6O2/c1-15(2)24(36)33(3)18-5-7-19(8-6-18)34-12-17(13-34)32-22(35)11-29-23-20-10-16(25(26,27)28)4-9-21(20)30-14-31-23/h4,9-10,14-15,17-19H,5-8,11-13H2,1-3H3,(H,32,35)(H,29,30,31). The van der Waals surface area contributed by atoms with E-state index >= 15 is 0 Å². The van der Waals surface area contributed by atoms with Gasteiger partial charge in [-0.3, -0.25) is 14.5 Å². The number of anilines is 1. The van der Waals surface area contributed by atoms with Crippen molar-refractivity contribution < 1.29 is 22.8 Å². The Morgan fingerprint density at radius 2 is 1.83 bits per heavy atom. The Labute approximate surface area is 208 Å². The highest BCUT2D eigenvalue weighted by atomic mass is 19.4. The summed E-state index contributed by atoms with van der Waals surface area (Å²) >= 11 is 0. The summed E-state index contributed by atoms with van der Waals surface area (Å²) in [6.07, 6.45) is 0.812. The van der Waals surface area contributed by atoms with Crippen LogP contribution >= 0.6 is 0 Å². The number of halogens is 3. The number of hydrogen-bond acceptors (Lipinski definition) is 6. The van der Waals surface area contributed by atoms with Gasteiger partial charge in [-0.15, -0.1) is 0 Å². The molecule has 0 spiro atoms. The van der Waals surface area contributed by atoms with Crippen molar-refractivity contribution in [1.82, 2.24) is 25.1 Å². The van der Waals surface area contributed by atoms with Crippen LogP contribution in [0.3, 0.4) is 0 Å². The molecule has 0 atom stereocenters. The zero-order valence-corrected chi connectivity index (χ0v) is 20.8.